The number of rotatable bonds is 6. The Bertz CT molecular complexity index is 3050. The van der Waals surface area contributed by atoms with Gasteiger partial charge >= 0.3 is 0 Å². The lowest BCUT2D eigenvalue weighted by Gasteiger charge is -2.17. The quantitative estimate of drug-likeness (QED) is 0.173. The fourth-order valence-corrected chi connectivity index (χ4v) is 8.01. The molecule has 0 bridgehead atoms. The van der Waals surface area contributed by atoms with Gasteiger partial charge in [-0.1, -0.05) is 140 Å². The first-order chi connectivity index (χ1) is 27.3. The molecule has 0 aliphatic rings. The third kappa shape index (κ3) is 5.17. The van der Waals surface area contributed by atoms with E-state index in [0.717, 1.165) is 100 Å². The summed E-state index contributed by atoms with van der Waals surface area (Å²) in [6.07, 6.45) is 0. The number of hydrogen-bond donors (Lipinski definition) is 0. The van der Waals surface area contributed by atoms with E-state index in [4.69, 9.17) is 14.4 Å². The van der Waals surface area contributed by atoms with E-state index in [1.807, 2.05) is 30.3 Å². The van der Waals surface area contributed by atoms with Crippen LogP contribution in [0.5, 0.6) is 0 Å². The average molecular weight is 705 g/mol. The minimum absolute atomic E-state index is 0.888. The van der Waals surface area contributed by atoms with E-state index in [9.17, 15) is 0 Å². The Morgan fingerprint density at radius 2 is 0.873 bits per heavy atom. The maximum absolute atomic E-state index is 6.23. The Labute approximate surface area is 317 Å². The van der Waals surface area contributed by atoms with Crippen molar-refractivity contribution in [2.24, 2.45) is 0 Å². The lowest BCUT2D eigenvalue weighted by Crippen LogP contribution is -2.03. The fraction of sp³-hybridized carbons (Fsp3) is 0. The second-order valence-electron chi connectivity index (χ2n) is 13.8. The van der Waals surface area contributed by atoms with Gasteiger partial charge in [0.2, 0.25) is 0 Å². The molecule has 3 aromatic heterocycles. The second-order valence-corrected chi connectivity index (χ2v) is 13.8. The van der Waals surface area contributed by atoms with Crippen molar-refractivity contribution >= 4 is 44.0 Å². The molecule has 0 fully saturated rings. The highest BCUT2D eigenvalue weighted by Crippen LogP contribution is 2.39. The van der Waals surface area contributed by atoms with E-state index in [0.29, 0.717) is 0 Å². The fourth-order valence-electron chi connectivity index (χ4n) is 8.01. The smallest absolute Gasteiger partial charge is 0.145 e. The first-order valence-electron chi connectivity index (χ1n) is 18.5. The zero-order chi connectivity index (χ0) is 36.3. The third-order valence-corrected chi connectivity index (χ3v) is 10.5. The van der Waals surface area contributed by atoms with E-state index in [1.54, 1.807) is 0 Å². The molecule has 8 aromatic carbocycles. The first-order valence-corrected chi connectivity index (χ1v) is 18.5. The Balaban J connectivity index is 1.15. The summed E-state index contributed by atoms with van der Waals surface area (Å²) in [4.78, 5) is 10.4. The van der Waals surface area contributed by atoms with Crippen LogP contribution in [0.3, 0.4) is 0 Å². The molecule has 0 saturated carbocycles. The SMILES string of the molecule is c1ccc(-c2nc3ccccc3n2-c2cc(-c3ccc(-c4cccc5oc6ccccc6c45)cc3)cc(-n3c(-c4ccccc4)nc4ccccc43)c2)cc1. The zero-order valence-corrected chi connectivity index (χ0v) is 29.7. The molecule has 0 spiro atoms. The standard InChI is InChI=1S/C50H32N4O/c1-3-14-35(15-4-1)49-51-42-20-8-10-22-44(42)53(49)38-30-37(31-39(32-38)54-45-23-11-9-21-43(45)52-50(54)36-16-5-2-6-17-36)33-26-28-34(29-27-33)40-19-13-25-47-48(40)41-18-7-12-24-46(41)55-47/h1-32H. The van der Waals surface area contributed by atoms with Gasteiger partial charge in [0.05, 0.1) is 33.4 Å². The van der Waals surface area contributed by atoms with Crippen LogP contribution in [0, 0.1) is 0 Å². The van der Waals surface area contributed by atoms with Gasteiger partial charge in [0.15, 0.2) is 0 Å². The Kier molecular flexibility index (Phi) is 7.10. The van der Waals surface area contributed by atoms with Gasteiger partial charge in [0.1, 0.15) is 22.8 Å². The predicted octanol–water partition coefficient (Wildman–Crippen LogP) is 12.9. The van der Waals surface area contributed by atoms with E-state index >= 15 is 0 Å². The minimum atomic E-state index is 0.888. The van der Waals surface area contributed by atoms with Crippen molar-refractivity contribution in [3.63, 3.8) is 0 Å². The molecule has 0 amide bonds. The molecule has 5 heteroatoms. The summed E-state index contributed by atoms with van der Waals surface area (Å²) in [5, 5.41) is 2.26. The van der Waals surface area contributed by atoms with Crippen molar-refractivity contribution in [3.8, 4) is 56.4 Å². The largest absolute Gasteiger partial charge is 0.456 e. The number of nitrogens with zero attached hydrogens (tertiary/aromatic N) is 4. The summed E-state index contributed by atoms with van der Waals surface area (Å²) >= 11 is 0. The van der Waals surface area contributed by atoms with E-state index in [2.05, 4.69) is 173 Å². The molecule has 0 saturated heterocycles. The third-order valence-electron chi connectivity index (χ3n) is 10.5. The molecule has 11 rings (SSSR count). The molecule has 258 valence electrons. The van der Waals surface area contributed by atoms with E-state index in [-0.39, 0.29) is 0 Å². The van der Waals surface area contributed by atoms with Gasteiger partial charge in [-0.3, -0.25) is 9.13 Å². The van der Waals surface area contributed by atoms with E-state index < -0.39 is 0 Å². The van der Waals surface area contributed by atoms with Crippen LogP contribution in [0.2, 0.25) is 0 Å². The van der Waals surface area contributed by atoms with Crippen LogP contribution in [-0.4, -0.2) is 19.1 Å². The van der Waals surface area contributed by atoms with Crippen LogP contribution in [-0.2, 0) is 0 Å². The Morgan fingerprint density at radius 1 is 0.364 bits per heavy atom. The highest BCUT2D eigenvalue weighted by atomic mass is 16.3. The van der Waals surface area contributed by atoms with Crippen molar-refractivity contribution in [3.05, 3.63) is 194 Å². The summed E-state index contributed by atoms with van der Waals surface area (Å²) in [6, 6.07) is 67.9. The van der Waals surface area contributed by atoms with Crippen LogP contribution in [0.25, 0.3) is 100 Å². The number of benzene rings is 8. The van der Waals surface area contributed by atoms with Crippen LogP contribution in [0.15, 0.2) is 199 Å². The van der Waals surface area contributed by atoms with Crippen LogP contribution < -0.4 is 0 Å². The molecule has 0 N–H and O–H groups in total. The van der Waals surface area contributed by atoms with Gasteiger partial charge in [0.25, 0.3) is 0 Å². The number of imidazole rings is 2. The van der Waals surface area contributed by atoms with Crippen molar-refractivity contribution in [1.82, 2.24) is 19.1 Å². The predicted molar refractivity (Wildman–Crippen MR) is 225 cm³/mol. The Hall–Kier alpha value is -7.50. The molecule has 3 heterocycles. The maximum atomic E-state index is 6.23. The van der Waals surface area contributed by atoms with Gasteiger partial charge in [-0.25, -0.2) is 9.97 Å². The summed E-state index contributed by atoms with van der Waals surface area (Å²) in [5.41, 5.74) is 14.3. The van der Waals surface area contributed by atoms with Gasteiger partial charge < -0.3 is 4.42 Å². The topological polar surface area (TPSA) is 48.8 Å². The van der Waals surface area contributed by atoms with Crippen LogP contribution >= 0.6 is 0 Å². The van der Waals surface area contributed by atoms with Crippen LogP contribution in [0.4, 0.5) is 0 Å². The molecule has 0 aliphatic carbocycles. The number of fused-ring (bicyclic) bond motifs is 5. The summed E-state index contributed by atoms with van der Waals surface area (Å²) in [7, 11) is 0. The normalized spacial score (nSPS) is 11.6. The van der Waals surface area contributed by atoms with Crippen molar-refractivity contribution in [1.29, 1.82) is 0 Å². The van der Waals surface area contributed by atoms with Gasteiger partial charge in [0, 0.05) is 21.9 Å². The molecule has 11 aromatic rings. The van der Waals surface area contributed by atoms with E-state index in [1.165, 1.54) is 0 Å². The molecular weight excluding hydrogens is 673 g/mol. The molecule has 0 aliphatic heterocycles. The van der Waals surface area contributed by atoms with Gasteiger partial charge in [-0.05, 0) is 76.9 Å². The number of furan rings is 1. The van der Waals surface area contributed by atoms with Gasteiger partial charge in [-0.15, -0.1) is 0 Å². The first kappa shape index (κ1) is 31.1. The average Bonchev–Trinajstić information content (AvgIpc) is 3.96. The van der Waals surface area contributed by atoms with Crippen LogP contribution in [0.1, 0.15) is 0 Å². The highest BCUT2D eigenvalue weighted by molar-refractivity contribution is 6.12. The number of hydrogen-bond acceptors (Lipinski definition) is 3. The monoisotopic (exact) mass is 704 g/mol. The second kappa shape index (κ2) is 12.6. The number of aromatic nitrogens is 4. The Morgan fingerprint density at radius 3 is 1.49 bits per heavy atom. The van der Waals surface area contributed by atoms with Crippen molar-refractivity contribution in [2.45, 2.75) is 0 Å². The van der Waals surface area contributed by atoms with Crippen molar-refractivity contribution < 1.29 is 4.42 Å². The molecule has 0 unspecified atom stereocenters. The minimum Gasteiger partial charge on any atom is -0.456 e. The molecule has 0 radical (unpaired) electrons. The molecule has 55 heavy (non-hydrogen) atoms. The highest BCUT2D eigenvalue weighted by Gasteiger charge is 2.20. The molecule has 0 atom stereocenters. The van der Waals surface area contributed by atoms with Crippen molar-refractivity contribution in [2.75, 3.05) is 0 Å². The number of para-hydroxylation sites is 5. The summed E-state index contributed by atoms with van der Waals surface area (Å²) in [5.74, 6) is 1.78. The van der Waals surface area contributed by atoms with Gasteiger partial charge in [-0.2, -0.15) is 0 Å². The maximum Gasteiger partial charge on any atom is 0.145 e. The molecular formula is C50H32N4O. The lowest BCUT2D eigenvalue weighted by molar-refractivity contribution is 0.669. The lowest BCUT2D eigenvalue weighted by atomic mass is 9.96. The molecule has 5 nitrogen and oxygen atoms in total. The summed E-state index contributed by atoms with van der Waals surface area (Å²) in [6.45, 7) is 0. The zero-order valence-electron chi connectivity index (χ0n) is 29.7. The summed E-state index contributed by atoms with van der Waals surface area (Å²) < 4.78 is 10.8.